The van der Waals surface area contributed by atoms with Gasteiger partial charge in [-0.15, -0.1) is 11.3 Å². The zero-order valence-corrected chi connectivity index (χ0v) is 10.1. The summed E-state index contributed by atoms with van der Waals surface area (Å²) in [7, 11) is 1.90. The van der Waals surface area contributed by atoms with E-state index in [4.69, 9.17) is 11.6 Å². The second kappa shape index (κ2) is 4.63. The lowest BCUT2D eigenvalue weighted by Crippen LogP contribution is -2.09. The minimum atomic E-state index is -0.524. The Bertz CT molecular complexity index is 498. The zero-order chi connectivity index (χ0) is 11.5. The molecule has 0 fully saturated rings. The Morgan fingerprint density at radius 3 is 2.62 bits per heavy atom. The molecule has 0 saturated heterocycles. The Morgan fingerprint density at radius 2 is 2.06 bits per heavy atom. The van der Waals surface area contributed by atoms with E-state index in [1.807, 2.05) is 42.3 Å². The van der Waals surface area contributed by atoms with Gasteiger partial charge in [0.1, 0.15) is 5.69 Å². The number of rotatable bonds is 3. The van der Waals surface area contributed by atoms with Crippen molar-refractivity contribution >= 4 is 39.0 Å². The van der Waals surface area contributed by atoms with Crippen molar-refractivity contribution in [2.24, 2.45) is 0 Å². The van der Waals surface area contributed by atoms with E-state index in [0.29, 0.717) is 5.69 Å². The molecule has 0 aliphatic carbocycles. The fourth-order valence-electron chi connectivity index (χ4n) is 1.27. The highest BCUT2D eigenvalue weighted by molar-refractivity contribution is 7.14. The Hall–Kier alpha value is -1.39. The molecule has 0 atom stereocenters. The Balaban J connectivity index is 2.27. The fraction of sp³-hybridized carbons (Fsp3) is 0.0909. The number of nitrogens with zero attached hydrogens (tertiary/aromatic N) is 2. The van der Waals surface area contributed by atoms with Crippen LogP contribution >= 0.6 is 22.9 Å². The average molecular weight is 253 g/mol. The zero-order valence-electron chi connectivity index (χ0n) is 8.55. The van der Waals surface area contributed by atoms with Crippen molar-refractivity contribution in [3.8, 4) is 0 Å². The standard InChI is InChI=1S/C11H9ClN2OS/c1-14(8-5-3-2-4-6-8)11-13-9(7-16-11)10(12)15/h2-7H,1H3. The van der Waals surface area contributed by atoms with Crippen molar-refractivity contribution < 1.29 is 4.79 Å². The number of benzene rings is 1. The number of hydrogen-bond acceptors (Lipinski definition) is 4. The topological polar surface area (TPSA) is 33.2 Å². The summed E-state index contributed by atoms with van der Waals surface area (Å²) in [6.45, 7) is 0. The molecule has 5 heteroatoms. The van der Waals surface area contributed by atoms with Crippen LogP contribution in [0.2, 0.25) is 0 Å². The van der Waals surface area contributed by atoms with Gasteiger partial charge in [0, 0.05) is 18.1 Å². The van der Waals surface area contributed by atoms with Crippen molar-refractivity contribution in [2.45, 2.75) is 0 Å². The molecule has 0 aliphatic heterocycles. The van der Waals surface area contributed by atoms with Crippen LogP contribution in [0.1, 0.15) is 10.5 Å². The first-order chi connectivity index (χ1) is 7.68. The maximum Gasteiger partial charge on any atom is 0.271 e. The van der Waals surface area contributed by atoms with Crippen molar-refractivity contribution in [1.29, 1.82) is 0 Å². The largest absolute Gasteiger partial charge is 0.321 e. The molecule has 0 spiro atoms. The quantitative estimate of drug-likeness (QED) is 0.786. The predicted octanol–water partition coefficient (Wildman–Crippen LogP) is 3.29. The summed E-state index contributed by atoms with van der Waals surface area (Å²) in [4.78, 5) is 17.0. The summed E-state index contributed by atoms with van der Waals surface area (Å²) in [5.74, 6) is 0. The third-order valence-electron chi connectivity index (χ3n) is 2.12. The minimum Gasteiger partial charge on any atom is -0.321 e. The van der Waals surface area contributed by atoms with Crippen LogP contribution in [0.25, 0.3) is 0 Å². The Morgan fingerprint density at radius 1 is 1.38 bits per heavy atom. The highest BCUT2D eigenvalue weighted by Crippen LogP contribution is 2.26. The summed E-state index contributed by atoms with van der Waals surface area (Å²) < 4.78 is 0. The number of anilines is 2. The molecular weight excluding hydrogens is 244 g/mol. The lowest BCUT2D eigenvalue weighted by Gasteiger charge is -2.15. The third kappa shape index (κ3) is 2.23. The van der Waals surface area contributed by atoms with Gasteiger partial charge in [0.05, 0.1) is 0 Å². The van der Waals surface area contributed by atoms with Gasteiger partial charge in [-0.3, -0.25) is 4.79 Å². The van der Waals surface area contributed by atoms with Crippen LogP contribution in [0, 0.1) is 0 Å². The second-order valence-corrected chi connectivity index (χ2v) is 4.36. The van der Waals surface area contributed by atoms with Crippen LogP contribution in [0.4, 0.5) is 10.8 Å². The Labute approximate surface area is 102 Å². The molecule has 0 saturated carbocycles. The van der Waals surface area contributed by atoms with Crippen molar-refractivity contribution in [2.75, 3.05) is 11.9 Å². The summed E-state index contributed by atoms with van der Waals surface area (Å²) in [6, 6.07) is 9.81. The van der Waals surface area contributed by atoms with Gasteiger partial charge < -0.3 is 4.90 Å². The molecule has 82 valence electrons. The molecule has 0 bridgehead atoms. The van der Waals surface area contributed by atoms with Crippen LogP contribution < -0.4 is 4.90 Å². The van der Waals surface area contributed by atoms with E-state index in [2.05, 4.69) is 4.98 Å². The molecule has 0 unspecified atom stereocenters. The number of aromatic nitrogens is 1. The molecule has 2 rings (SSSR count). The molecule has 1 aromatic heterocycles. The molecule has 0 aliphatic rings. The highest BCUT2D eigenvalue weighted by Gasteiger charge is 2.11. The van der Waals surface area contributed by atoms with E-state index >= 15 is 0 Å². The van der Waals surface area contributed by atoms with Gasteiger partial charge in [-0.25, -0.2) is 4.98 Å². The summed E-state index contributed by atoms with van der Waals surface area (Å²) in [5, 5.41) is 1.88. The van der Waals surface area contributed by atoms with E-state index in [9.17, 15) is 4.79 Å². The predicted molar refractivity (Wildman–Crippen MR) is 66.8 cm³/mol. The summed E-state index contributed by atoms with van der Waals surface area (Å²) in [5.41, 5.74) is 1.31. The first kappa shape index (κ1) is 11.1. The van der Waals surface area contributed by atoms with Gasteiger partial charge in [0.2, 0.25) is 0 Å². The highest BCUT2D eigenvalue weighted by atomic mass is 35.5. The fourth-order valence-corrected chi connectivity index (χ4v) is 2.22. The van der Waals surface area contributed by atoms with Crippen molar-refractivity contribution in [3.05, 3.63) is 41.4 Å². The lowest BCUT2D eigenvalue weighted by atomic mass is 10.3. The second-order valence-electron chi connectivity index (χ2n) is 3.18. The number of carbonyl (C=O) groups excluding carboxylic acids is 1. The van der Waals surface area contributed by atoms with E-state index in [1.54, 1.807) is 5.38 Å². The van der Waals surface area contributed by atoms with E-state index in [0.717, 1.165) is 10.8 Å². The molecule has 1 aromatic carbocycles. The number of para-hydroxylation sites is 1. The van der Waals surface area contributed by atoms with Crippen molar-refractivity contribution in [3.63, 3.8) is 0 Å². The number of thiazole rings is 1. The summed E-state index contributed by atoms with van der Waals surface area (Å²) in [6.07, 6.45) is 0. The monoisotopic (exact) mass is 252 g/mol. The van der Waals surface area contributed by atoms with Gasteiger partial charge in [0.25, 0.3) is 5.24 Å². The smallest absolute Gasteiger partial charge is 0.271 e. The first-order valence-corrected chi connectivity index (χ1v) is 5.88. The van der Waals surface area contributed by atoms with Crippen LogP contribution in [0.3, 0.4) is 0 Å². The molecule has 0 radical (unpaired) electrons. The van der Waals surface area contributed by atoms with Crippen LogP contribution in [-0.4, -0.2) is 17.3 Å². The van der Waals surface area contributed by atoms with Crippen LogP contribution in [0.15, 0.2) is 35.7 Å². The molecule has 2 aromatic rings. The number of halogens is 1. The maximum absolute atomic E-state index is 10.9. The van der Waals surface area contributed by atoms with Gasteiger partial charge >= 0.3 is 0 Å². The molecule has 0 N–H and O–H groups in total. The number of carbonyl (C=O) groups is 1. The Kier molecular flexibility index (Phi) is 3.22. The average Bonchev–Trinajstić information content (AvgIpc) is 2.78. The number of hydrogen-bond donors (Lipinski definition) is 0. The minimum absolute atomic E-state index is 0.296. The maximum atomic E-state index is 10.9. The third-order valence-corrected chi connectivity index (χ3v) is 3.23. The molecule has 1 heterocycles. The van der Waals surface area contributed by atoms with Gasteiger partial charge in [0.15, 0.2) is 5.13 Å². The normalized spacial score (nSPS) is 10.1. The SMILES string of the molecule is CN(c1ccccc1)c1nc(C(=O)Cl)cs1. The van der Waals surface area contributed by atoms with E-state index in [1.165, 1.54) is 11.3 Å². The van der Waals surface area contributed by atoms with Crippen LogP contribution in [-0.2, 0) is 0 Å². The van der Waals surface area contributed by atoms with Crippen LogP contribution in [0.5, 0.6) is 0 Å². The van der Waals surface area contributed by atoms with E-state index in [-0.39, 0.29) is 0 Å². The van der Waals surface area contributed by atoms with Crippen molar-refractivity contribution in [1.82, 2.24) is 4.98 Å². The lowest BCUT2D eigenvalue weighted by molar-refractivity contribution is 0.107. The van der Waals surface area contributed by atoms with Gasteiger partial charge in [-0.2, -0.15) is 0 Å². The first-order valence-electron chi connectivity index (χ1n) is 4.62. The molecule has 16 heavy (non-hydrogen) atoms. The van der Waals surface area contributed by atoms with Gasteiger partial charge in [-0.05, 0) is 23.7 Å². The summed E-state index contributed by atoms with van der Waals surface area (Å²) >= 11 is 6.74. The molecule has 3 nitrogen and oxygen atoms in total. The molecular formula is C11H9ClN2OS. The van der Waals surface area contributed by atoms with E-state index < -0.39 is 5.24 Å². The van der Waals surface area contributed by atoms with Gasteiger partial charge in [-0.1, -0.05) is 18.2 Å². The molecule has 0 amide bonds.